The van der Waals surface area contributed by atoms with E-state index in [1.807, 2.05) is 25.1 Å². The van der Waals surface area contributed by atoms with Crippen molar-refractivity contribution in [2.45, 2.75) is 57.7 Å². The van der Waals surface area contributed by atoms with Gasteiger partial charge in [-0.15, -0.1) is 15.6 Å². The molecular weight excluding hydrogens is 578 g/mol. The Balaban J connectivity index is 1.42. The molecule has 2 aliphatic heterocycles. The second-order valence-corrected chi connectivity index (χ2v) is 11.8. The average molecular weight is 610 g/mol. The lowest BCUT2D eigenvalue weighted by molar-refractivity contribution is -0.218. The summed E-state index contributed by atoms with van der Waals surface area (Å²) in [5.74, 6) is -0.546. The van der Waals surface area contributed by atoms with Crippen LogP contribution < -0.4 is 21.5 Å². The van der Waals surface area contributed by atoms with Crippen molar-refractivity contribution in [3.05, 3.63) is 40.4 Å². The highest BCUT2D eigenvalue weighted by atomic mass is 32.3. The van der Waals surface area contributed by atoms with Gasteiger partial charge in [-0.1, -0.05) is 12.1 Å². The monoisotopic (exact) mass is 609 g/mol. The van der Waals surface area contributed by atoms with E-state index in [0.717, 1.165) is 28.9 Å². The van der Waals surface area contributed by atoms with E-state index in [1.54, 1.807) is 0 Å². The molecule has 6 N–H and O–H groups in total. The fourth-order valence-corrected chi connectivity index (χ4v) is 5.25. The van der Waals surface area contributed by atoms with Crippen LogP contribution in [0.4, 0.5) is 5.13 Å². The number of thiazole rings is 1. The third-order valence-corrected chi connectivity index (χ3v) is 7.42. The van der Waals surface area contributed by atoms with Crippen LogP contribution in [0.25, 0.3) is 0 Å². The predicted octanol–water partition coefficient (Wildman–Crippen LogP) is 0.795. The third-order valence-electron chi connectivity index (χ3n) is 6.41. The molecule has 4 rings (SSSR count). The second-order valence-electron chi connectivity index (χ2n) is 9.87. The van der Waals surface area contributed by atoms with E-state index in [4.69, 9.17) is 25.6 Å². The van der Waals surface area contributed by atoms with Crippen molar-refractivity contribution in [2.24, 2.45) is 15.9 Å². The lowest BCUT2D eigenvalue weighted by Crippen LogP contribution is -2.76. The number of amides is 2. The number of β-lactam (4-membered cyclic amide) rings is 1. The van der Waals surface area contributed by atoms with Gasteiger partial charge in [0, 0.05) is 17.5 Å². The molecule has 15 nitrogen and oxygen atoms in total. The SMILES string of the molecule is CCCN=C(N)c1ccc2c(c1)CCC(CO/N=C(\C(=O)N[C@@H]1C(=O)N(OS(=O)(=O)O)C1(C)C)c1csc(N)n1)O2. The number of carbonyl (C=O) groups is 2. The molecule has 17 heteroatoms. The summed E-state index contributed by atoms with van der Waals surface area (Å²) in [5, 5.41) is 8.59. The van der Waals surface area contributed by atoms with Crippen LogP contribution in [0.3, 0.4) is 0 Å². The number of aryl methyl sites for hydroxylation is 1. The minimum Gasteiger partial charge on any atom is -0.486 e. The quantitative estimate of drug-likeness (QED) is 0.0917. The number of oxime groups is 1. The van der Waals surface area contributed by atoms with Crippen molar-refractivity contribution in [3.8, 4) is 5.75 Å². The van der Waals surface area contributed by atoms with Crippen LogP contribution in [0.2, 0.25) is 0 Å². The Morgan fingerprint density at radius 3 is 2.78 bits per heavy atom. The Bertz CT molecular complexity index is 1490. The summed E-state index contributed by atoms with van der Waals surface area (Å²) in [5.41, 5.74) is 12.2. The zero-order valence-electron chi connectivity index (χ0n) is 22.6. The zero-order chi connectivity index (χ0) is 29.9. The molecule has 3 heterocycles. The maximum absolute atomic E-state index is 13.2. The summed E-state index contributed by atoms with van der Waals surface area (Å²) in [4.78, 5) is 39.5. The molecule has 0 spiro atoms. The number of nitrogens with two attached hydrogens (primary N) is 2. The normalized spacial score (nSPS) is 20.6. The Morgan fingerprint density at radius 2 is 2.15 bits per heavy atom. The number of carbonyl (C=O) groups excluding carboxylic acids is 2. The molecule has 0 radical (unpaired) electrons. The van der Waals surface area contributed by atoms with Gasteiger partial charge in [-0.2, -0.15) is 13.5 Å². The van der Waals surface area contributed by atoms with Gasteiger partial charge in [-0.3, -0.25) is 19.1 Å². The number of ether oxygens (including phenoxy) is 1. The van der Waals surface area contributed by atoms with E-state index < -0.39 is 33.8 Å². The molecule has 41 heavy (non-hydrogen) atoms. The highest BCUT2D eigenvalue weighted by Gasteiger charge is 2.58. The predicted molar refractivity (Wildman–Crippen MR) is 150 cm³/mol. The minimum absolute atomic E-state index is 0.0154. The first kappa shape index (κ1) is 30.2. The van der Waals surface area contributed by atoms with Crippen molar-refractivity contribution >= 4 is 50.2 Å². The molecule has 2 amide bonds. The number of fused-ring (bicyclic) bond motifs is 1. The fraction of sp³-hybridized carbons (Fsp3) is 0.458. The van der Waals surface area contributed by atoms with E-state index in [9.17, 15) is 18.0 Å². The van der Waals surface area contributed by atoms with E-state index in [2.05, 4.69) is 24.7 Å². The molecule has 1 aromatic carbocycles. The molecule has 222 valence electrons. The highest BCUT2D eigenvalue weighted by molar-refractivity contribution is 7.80. The maximum atomic E-state index is 13.2. The number of amidine groups is 1. The van der Waals surface area contributed by atoms with Crippen LogP contribution in [0.5, 0.6) is 5.75 Å². The van der Waals surface area contributed by atoms with Gasteiger partial charge < -0.3 is 26.4 Å². The van der Waals surface area contributed by atoms with Crippen molar-refractivity contribution in [1.29, 1.82) is 0 Å². The first-order valence-electron chi connectivity index (χ1n) is 12.6. The summed E-state index contributed by atoms with van der Waals surface area (Å²) in [6.07, 6.45) is 1.88. The molecular formula is C24H31N7O8S2. The molecule has 2 atom stereocenters. The number of nitrogen functional groups attached to an aromatic ring is 1. The molecule has 0 saturated carbocycles. The van der Waals surface area contributed by atoms with E-state index in [0.29, 0.717) is 36.0 Å². The van der Waals surface area contributed by atoms with Crippen LogP contribution in [-0.4, -0.2) is 77.2 Å². The standard InChI is InChI=1S/C24H31N7O8S2/c1-4-9-27-20(25)14-6-8-17-13(10-14)5-7-15(38-17)11-37-30-18(16-12-40-23(26)28-16)21(32)29-19-22(33)31(24(19,2)3)39-41(34,35)36/h6,8,10,12,15,19H,4-5,7,9,11H2,1-3H3,(H2,25,27)(H2,26,28)(H,29,32)(H,34,35,36)/b30-18-/t15?,19-/m1/s1. The summed E-state index contributed by atoms with van der Waals surface area (Å²) in [6, 6.07) is 4.44. The largest absolute Gasteiger partial charge is 0.486 e. The topological polar surface area (TPSA) is 221 Å². The zero-order valence-corrected chi connectivity index (χ0v) is 24.2. The van der Waals surface area contributed by atoms with E-state index in [-0.39, 0.29) is 29.2 Å². The summed E-state index contributed by atoms with van der Waals surface area (Å²) in [6.45, 7) is 5.57. The van der Waals surface area contributed by atoms with Crippen LogP contribution >= 0.6 is 11.3 Å². The minimum atomic E-state index is -4.94. The Hall–Kier alpha value is -3.80. The number of aliphatic imine (C=N–C) groups is 1. The van der Waals surface area contributed by atoms with Gasteiger partial charge in [-0.05, 0) is 56.9 Å². The first-order chi connectivity index (χ1) is 19.3. The second kappa shape index (κ2) is 12.0. The molecule has 0 aliphatic carbocycles. The van der Waals surface area contributed by atoms with E-state index >= 15 is 0 Å². The average Bonchev–Trinajstić information content (AvgIpc) is 3.35. The van der Waals surface area contributed by atoms with E-state index in [1.165, 1.54) is 19.2 Å². The molecule has 1 saturated heterocycles. The number of hydrogen-bond acceptors (Lipinski definition) is 12. The molecule has 1 unspecified atom stereocenters. The number of rotatable bonds is 11. The number of anilines is 1. The number of nitrogens with one attached hydrogen (secondary N) is 1. The number of hydroxylamine groups is 2. The van der Waals surface area contributed by atoms with Gasteiger partial charge in [0.1, 0.15) is 29.4 Å². The van der Waals surface area contributed by atoms with Crippen molar-refractivity contribution in [3.63, 3.8) is 0 Å². The lowest BCUT2D eigenvalue weighted by Gasteiger charge is -2.50. The smallest absolute Gasteiger partial charge is 0.418 e. The molecule has 0 bridgehead atoms. The maximum Gasteiger partial charge on any atom is 0.418 e. The van der Waals surface area contributed by atoms with Crippen molar-refractivity contribution in [1.82, 2.24) is 15.4 Å². The summed E-state index contributed by atoms with van der Waals surface area (Å²) >= 11 is 1.08. The third kappa shape index (κ3) is 6.92. The number of hydrogen-bond donors (Lipinski definition) is 4. The summed E-state index contributed by atoms with van der Waals surface area (Å²) < 4.78 is 41.4. The van der Waals surface area contributed by atoms with Gasteiger partial charge in [0.2, 0.25) is 0 Å². The van der Waals surface area contributed by atoms with Crippen LogP contribution in [0.15, 0.2) is 33.7 Å². The molecule has 1 aromatic heterocycles. The van der Waals surface area contributed by atoms with Crippen molar-refractivity contribution < 1.29 is 36.4 Å². The van der Waals surface area contributed by atoms with Gasteiger partial charge in [0.15, 0.2) is 17.5 Å². The van der Waals surface area contributed by atoms with Gasteiger partial charge >= 0.3 is 10.4 Å². The van der Waals surface area contributed by atoms with Gasteiger partial charge in [0.05, 0.1) is 5.54 Å². The molecule has 1 fully saturated rings. The highest BCUT2D eigenvalue weighted by Crippen LogP contribution is 2.33. The summed E-state index contributed by atoms with van der Waals surface area (Å²) in [7, 11) is -4.94. The Morgan fingerprint density at radius 1 is 1.39 bits per heavy atom. The van der Waals surface area contributed by atoms with Crippen LogP contribution in [0.1, 0.15) is 50.4 Å². The lowest BCUT2D eigenvalue weighted by atomic mass is 9.84. The number of nitrogens with zero attached hydrogens (tertiary/aromatic N) is 4. The Labute approximate surface area is 240 Å². The van der Waals surface area contributed by atoms with Gasteiger partial charge in [0.25, 0.3) is 11.8 Å². The Kier molecular flexibility index (Phi) is 8.81. The van der Waals surface area contributed by atoms with Crippen LogP contribution in [-0.2, 0) is 35.5 Å². The fourth-order valence-electron chi connectivity index (χ4n) is 4.25. The van der Waals surface area contributed by atoms with Gasteiger partial charge in [-0.25, -0.2) is 4.98 Å². The molecule has 2 aromatic rings. The molecule has 2 aliphatic rings. The van der Waals surface area contributed by atoms with Crippen LogP contribution in [0, 0.1) is 0 Å². The first-order valence-corrected chi connectivity index (χ1v) is 14.9. The number of aromatic nitrogens is 1. The number of benzene rings is 1. The van der Waals surface area contributed by atoms with Crippen molar-refractivity contribution in [2.75, 3.05) is 18.9 Å².